The predicted octanol–water partition coefficient (Wildman–Crippen LogP) is 2.98. The van der Waals surface area contributed by atoms with E-state index in [-0.39, 0.29) is 23.3 Å². The minimum absolute atomic E-state index is 0.0609. The highest BCUT2D eigenvalue weighted by Crippen LogP contribution is 2.33. The number of hydrogen-bond acceptors (Lipinski definition) is 3. The summed E-state index contributed by atoms with van der Waals surface area (Å²) < 4.78 is 43.0. The Morgan fingerprint density at radius 1 is 1.32 bits per heavy atom. The highest BCUT2D eigenvalue weighted by Gasteiger charge is 2.33. The maximum absolute atomic E-state index is 12.8. The Balaban J connectivity index is 2.39. The second kappa shape index (κ2) is 4.75. The fourth-order valence-corrected chi connectivity index (χ4v) is 1.69. The molecule has 1 heterocycles. The molecule has 1 aromatic heterocycles. The van der Waals surface area contributed by atoms with Crippen LogP contribution >= 0.6 is 0 Å². The number of benzene rings is 1. The third-order valence-electron chi connectivity index (χ3n) is 2.55. The van der Waals surface area contributed by atoms with Gasteiger partial charge in [-0.25, -0.2) is 4.79 Å². The molecule has 0 fully saturated rings. The van der Waals surface area contributed by atoms with Gasteiger partial charge in [-0.15, -0.1) is 0 Å². The number of carbonyl (C=O) groups is 1. The van der Waals surface area contributed by atoms with Gasteiger partial charge in [-0.2, -0.15) is 13.2 Å². The van der Waals surface area contributed by atoms with Gasteiger partial charge in [-0.3, -0.25) is 0 Å². The van der Waals surface area contributed by atoms with E-state index >= 15 is 0 Å². The van der Waals surface area contributed by atoms with Crippen LogP contribution in [-0.2, 0) is 12.6 Å². The van der Waals surface area contributed by atoms with Crippen molar-refractivity contribution in [2.75, 3.05) is 0 Å². The topological polar surface area (TPSA) is 63.3 Å². The minimum Gasteiger partial charge on any atom is -0.478 e. The molecule has 2 aromatic rings. The van der Waals surface area contributed by atoms with Crippen LogP contribution in [0.1, 0.15) is 27.2 Å². The number of aromatic nitrogens is 1. The van der Waals surface area contributed by atoms with Crippen molar-refractivity contribution < 1.29 is 27.6 Å². The molecule has 0 saturated carbocycles. The molecular formula is C12H8F3NO3. The van der Waals surface area contributed by atoms with E-state index < -0.39 is 17.7 Å². The molecule has 1 aromatic carbocycles. The number of carboxylic acids is 1. The molecule has 0 aliphatic carbocycles. The van der Waals surface area contributed by atoms with Crippen LogP contribution in [0.15, 0.2) is 35.0 Å². The van der Waals surface area contributed by atoms with Crippen LogP contribution in [-0.4, -0.2) is 16.2 Å². The lowest BCUT2D eigenvalue weighted by molar-refractivity contribution is -0.138. The van der Waals surface area contributed by atoms with Crippen molar-refractivity contribution in [3.8, 4) is 0 Å². The molecule has 0 bridgehead atoms. The Bertz CT molecular complexity index is 604. The summed E-state index contributed by atoms with van der Waals surface area (Å²) >= 11 is 0. The monoisotopic (exact) mass is 271 g/mol. The summed E-state index contributed by atoms with van der Waals surface area (Å²) in [4.78, 5) is 10.8. The van der Waals surface area contributed by atoms with Gasteiger partial charge in [0.05, 0.1) is 11.8 Å². The highest BCUT2D eigenvalue weighted by molar-refractivity contribution is 5.88. The molecule has 1 N–H and O–H groups in total. The number of halogens is 3. The molecule has 2 rings (SSSR count). The Kier molecular flexibility index (Phi) is 3.28. The average Bonchev–Trinajstić information content (AvgIpc) is 2.76. The Hall–Kier alpha value is -2.31. The van der Waals surface area contributed by atoms with E-state index in [1.54, 1.807) is 0 Å². The molecule has 0 spiro atoms. The predicted molar refractivity (Wildman–Crippen MR) is 57.7 cm³/mol. The van der Waals surface area contributed by atoms with Crippen LogP contribution in [0.3, 0.4) is 0 Å². The summed E-state index contributed by atoms with van der Waals surface area (Å²) in [6, 6.07) is 4.93. The van der Waals surface area contributed by atoms with Gasteiger partial charge in [0, 0.05) is 6.42 Å². The molecule has 0 aliphatic heterocycles. The van der Waals surface area contributed by atoms with Gasteiger partial charge in [-0.05, 0) is 11.6 Å². The molecule has 100 valence electrons. The minimum atomic E-state index is -4.50. The molecule has 0 radical (unpaired) electrons. The zero-order valence-corrected chi connectivity index (χ0v) is 9.44. The van der Waals surface area contributed by atoms with E-state index in [1.807, 2.05) is 0 Å². The average molecular weight is 271 g/mol. The second-order valence-corrected chi connectivity index (χ2v) is 3.80. The highest BCUT2D eigenvalue weighted by atomic mass is 19.4. The summed E-state index contributed by atoms with van der Waals surface area (Å²) in [5.41, 5.74) is -1.12. The number of hydrogen-bond donors (Lipinski definition) is 1. The largest absolute Gasteiger partial charge is 0.478 e. The lowest BCUT2D eigenvalue weighted by atomic mass is 10.0. The van der Waals surface area contributed by atoms with Gasteiger partial charge < -0.3 is 9.63 Å². The molecule has 0 saturated heterocycles. The summed E-state index contributed by atoms with van der Waals surface area (Å²) in [7, 11) is 0. The maximum Gasteiger partial charge on any atom is 0.416 e. The van der Waals surface area contributed by atoms with Crippen LogP contribution in [0.2, 0.25) is 0 Å². The van der Waals surface area contributed by atoms with E-state index in [0.717, 1.165) is 12.3 Å². The number of carboxylic acid groups (broad SMARTS) is 1. The van der Waals surface area contributed by atoms with Gasteiger partial charge in [0.25, 0.3) is 0 Å². The summed E-state index contributed by atoms with van der Waals surface area (Å²) in [6.45, 7) is 0. The molecule has 0 atom stereocenters. The van der Waals surface area contributed by atoms with Crippen LogP contribution < -0.4 is 0 Å². The molecule has 0 amide bonds. The number of alkyl halides is 3. The zero-order valence-electron chi connectivity index (χ0n) is 9.44. The fraction of sp³-hybridized carbons (Fsp3) is 0.167. The number of rotatable bonds is 3. The van der Waals surface area contributed by atoms with Crippen molar-refractivity contribution in [1.29, 1.82) is 0 Å². The Morgan fingerprint density at radius 2 is 2.00 bits per heavy atom. The second-order valence-electron chi connectivity index (χ2n) is 3.80. The first kappa shape index (κ1) is 13.1. The van der Waals surface area contributed by atoms with Crippen molar-refractivity contribution in [3.63, 3.8) is 0 Å². The smallest absolute Gasteiger partial charge is 0.416 e. The third kappa shape index (κ3) is 2.75. The molecule has 19 heavy (non-hydrogen) atoms. The van der Waals surface area contributed by atoms with Crippen molar-refractivity contribution >= 4 is 5.97 Å². The Labute approximate surface area is 105 Å². The maximum atomic E-state index is 12.8. The molecule has 4 nitrogen and oxygen atoms in total. The third-order valence-corrected chi connectivity index (χ3v) is 2.55. The number of nitrogens with zero attached hydrogens (tertiary/aromatic N) is 1. The summed E-state index contributed by atoms with van der Waals surface area (Å²) in [6.07, 6.45) is -3.81. The molecule has 0 aliphatic rings. The van der Waals surface area contributed by atoms with Crippen LogP contribution in [0.25, 0.3) is 0 Å². The molecule has 7 heteroatoms. The van der Waals surface area contributed by atoms with E-state index in [4.69, 9.17) is 9.63 Å². The molecule has 0 unspecified atom stereocenters. The first-order valence-corrected chi connectivity index (χ1v) is 5.21. The van der Waals surface area contributed by atoms with Gasteiger partial charge in [0.1, 0.15) is 5.56 Å². The SMILES string of the molecule is O=C(O)c1cnoc1Cc1ccccc1C(F)(F)F. The molecular weight excluding hydrogens is 263 g/mol. The number of aromatic carboxylic acids is 1. The lowest BCUT2D eigenvalue weighted by Gasteiger charge is -2.11. The van der Waals surface area contributed by atoms with Crippen molar-refractivity contribution in [1.82, 2.24) is 5.16 Å². The van der Waals surface area contributed by atoms with Crippen LogP contribution in [0.4, 0.5) is 13.2 Å². The van der Waals surface area contributed by atoms with Gasteiger partial charge in [0.15, 0.2) is 5.76 Å². The zero-order chi connectivity index (χ0) is 14.0. The van der Waals surface area contributed by atoms with E-state index in [9.17, 15) is 18.0 Å². The summed E-state index contributed by atoms with van der Waals surface area (Å²) in [5, 5.41) is 12.1. The van der Waals surface area contributed by atoms with E-state index in [0.29, 0.717) is 0 Å². The van der Waals surface area contributed by atoms with E-state index in [1.165, 1.54) is 18.2 Å². The van der Waals surface area contributed by atoms with Crippen LogP contribution in [0.5, 0.6) is 0 Å². The van der Waals surface area contributed by atoms with Crippen molar-refractivity contribution in [2.24, 2.45) is 0 Å². The Morgan fingerprint density at radius 3 is 2.63 bits per heavy atom. The first-order chi connectivity index (χ1) is 8.89. The van der Waals surface area contributed by atoms with Gasteiger partial charge in [-0.1, -0.05) is 23.4 Å². The first-order valence-electron chi connectivity index (χ1n) is 5.21. The lowest BCUT2D eigenvalue weighted by Crippen LogP contribution is -2.10. The normalized spacial score (nSPS) is 11.5. The summed E-state index contributed by atoms with van der Waals surface area (Å²) in [5.74, 6) is -1.40. The van der Waals surface area contributed by atoms with Gasteiger partial charge >= 0.3 is 12.1 Å². The van der Waals surface area contributed by atoms with Gasteiger partial charge in [0.2, 0.25) is 0 Å². The van der Waals surface area contributed by atoms with Crippen molar-refractivity contribution in [3.05, 3.63) is 52.9 Å². The fourth-order valence-electron chi connectivity index (χ4n) is 1.69. The quantitative estimate of drug-likeness (QED) is 0.932. The van der Waals surface area contributed by atoms with Crippen LogP contribution in [0, 0.1) is 0 Å². The van der Waals surface area contributed by atoms with E-state index in [2.05, 4.69) is 5.16 Å². The van der Waals surface area contributed by atoms with Crippen molar-refractivity contribution in [2.45, 2.75) is 12.6 Å². The standard InChI is InChI=1S/C12H8F3NO3/c13-12(14,15)9-4-2-1-3-7(9)5-10-8(11(17)18)6-16-19-10/h1-4,6H,5H2,(H,17,18).